The summed E-state index contributed by atoms with van der Waals surface area (Å²) in [5.74, 6) is 0. The van der Waals surface area contributed by atoms with E-state index in [9.17, 15) is 4.79 Å². The molecule has 0 aromatic heterocycles. The Labute approximate surface area is 125 Å². The molecule has 21 heavy (non-hydrogen) atoms. The first-order chi connectivity index (χ1) is 10.2. The van der Waals surface area contributed by atoms with Gasteiger partial charge in [-0.3, -0.25) is 0 Å². The van der Waals surface area contributed by atoms with Crippen molar-refractivity contribution in [2.75, 3.05) is 23.8 Å². The fourth-order valence-electron chi connectivity index (χ4n) is 1.99. The third-order valence-corrected chi connectivity index (χ3v) is 3.41. The van der Waals surface area contributed by atoms with E-state index in [1.807, 2.05) is 55.6 Å². The summed E-state index contributed by atoms with van der Waals surface area (Å²) in [5.41, 5.74) is 1.93. The van der Waals surface area contributed by atoms with Crippen molar-refractivity contribution < 1.29 is 4.79 Å². The van der Waals surface area contributed by atoms with Crippen LogP contribution >= 0.6 is 0 Å². The number of carbonyl (C=O) groups excluding carboxylic acids is 1. The van der Waals surface area contributed by atoms with Gasteiger partial charge in [-0.15, -0.1) is 0 Å². The third-order valence-electron chi connectivity index (χ3n) is 3.41. The lowest BCUT2D eigenvalue weighted by Gasteiger charge is -2.27. The quantitative estimate of drug-likeness (QED) is 0.884. The standard InChI is InChI=1S/C17H21N3O/c1-14(20(2)16-11-7-4-8-12-16)13-18-17(21)19-15-9-5-3-6-10-15/h3-12,14H,13H2,1-2H3,(H2,18,19,21)/t14-/m0/s1. The van der Waals surface area contributed by atoms with Crippen LogP contribution in [0.4, 0.5) is 16.2 Å². The Hall–Kier alpha value is -2.49. The molecule has 0 bridgehead atoms. The SMILES string of the molecule is C[C@@H](CNC(=O)Nc1ccccc1)N(C)c1ccccc1. The largest absolute Gasteiger partial charge is 0.370 e. The van der Waals surface area contributed by atoms with Gasteiger partial charge >= 0.3 is 6.03 Å². The summed E-state index contributed by atoms with van der Waals surface area (Å²) in [5, 5.41) is 5.70. The van der Waals surface area contributed by atoms with E-state index in [0.29, 0.717) is 6.54 Å². The van der Waals surface area contributed by atoms with E-state index in [0.717, 1.165) is 11.4 Å². The molecule has 0 saturated carbocycles. The molecular weight excluding hydrogens is 262 g/mol. The van der Waals surface area contributed by atoms with E-state index < -0.39 is 0 Å². The van der Waals surface area contributed by atoms with Crippen molar-refractivity contribution in [3.05, 3.63) is 60.7 Å². The van der Waals surface area contributed by atoms with Gasteiger partial charge in [-0.2, -0.15) is 0 Å². The molecule has 4 nitrogen and oxygen atoms in total. The highest BCUT2D eigenvalue weighted by atomic mass is 16.2. The van der Waals surface area contributed by atoms with Crippen LogP contribution in [0.25, 0.3) is 0 Å². The predicted molar refractivity (Wildman–Crippen MR) is 87.8 cm³/mol. The van der Waals surface area contributed by atoms with Gasteiger partial charge in [-0.25, -0.2) is 4.79 Å². The Balaban J connectivity index is 1.81. The maximum atomic E-state index is 11.8. The Morgan fingerprint density at radius 2 is 1.62 bits per heavy atom. The number of amides is 2. The molecule has 1 atom stereocenters. The molecule has 2 aromatic carbocycles. The zero-order chi connectivity index (χ0) is 15.1. The molecule has 0 fully saturated rings. The van der Waals surface area contributed by atoms with E-state index in [2.05, 4.69) is 34.6 Å². The molecule has 0 aliphatic rings. The van der Waals surface area contributed by atoms with E-state index in [1.165, 1.54) is 0 Å². The van der Waals surface area contributed by atoms with Gasteiger partial charge < -0.3 is 15.5 Å². The average molecular weight is 283 g/mol. The molecule has 2 aromatic rings. The number of hydrogen-bond donors (Lipinski definition) is 2. The van der Waals surface area contributed by atoms with Crippen molar-refractivity contribution in [1.29, 1.82) is 0 Å². The van der Waals surface area contributed by atoms with Gasteiger partial charge in [0.05, 0.1) is 0 Å². The third kappa shape index (κ3) is 4.53. The van der Waals surface area contributed by atoms with Crippen LogP contribution in [0.15, 0.2) is 60.7 Å². The molecule has 2 rings (SSSR count). The van der Waals surface area contributed by atoms with Gasteiger partial charge in [0, 0.05) is 31.0 Å². The highest BCUT2D eigenvalue weighted by Gasteiger charge is 2.11. The fraction of sp³-hybridized carbons (Fsp3) is 0.235. The minimum absolute atomic E-state index is 0.186. The van der Waals surface area contributed by atoms with Gasteiger partial charge in [0.2, 0.25) is 0 Å². The van der Waals surface area contributed by atoms with Crippen molar-refractivity contribution >= 4 is 17.4 Å². The number of anilines is 2. The Bertz CT molecular complexity index is 557. The van der Waals surface area contributed by atoms with Gasteiger partial charge in [-0.1, -0.05) is 36.4 Å². The molecule has 0 radical (unpaired) electrons. The first kappa shape index (κ1) is 14.9. The number of rotatable bonds is 5. The predicted octanol–water partition coefficient (Wildman–Crippen LogP) is 3.33. The number of nitrogens with zero attached hydrogens (tertiary/aromatic N) is 1. The van der Waals surface area contributed by atoms with Crippen molar-refractivity contribution in [3.63, 3.8) is 0 Å². The molecule has 4 heteroatoms. The highest BCUT2D eigenvalue weighted by Crippen LogP contribution is 2.13. The lowest BCUT2D eigenvalue weighted by Crippen LogP contribution is -2.41. The van der Waals surface area contributed by atoms with Crippen molar-refractivity contribution in [2.45, 2.75) is 13.0 Å². The summed E-state index contributed by atoms with van der Waals surface area (Å²) in [6, 6.07) is 19.6. The maximum Gasteiger partial charge on any atom is 0.319 e. The van der Waals surface area contributed by atoms with Gasteiger partial charge in [0.25, 0.3) is 0 Å². The number of likely N-dealkylation sites (N-methyl/N-ethyl adjacent to an activating group) is 1. The van der Waals surface area contributed by atoms with Crippen LogP contribution in [0.1, 0.15) is 6.92 Å². The average Bonchev–Trinajstić information content (AvgIpc) is 2.53. The molecule has 0 aliphatic heterocycles. The topological polar surface area (TPSA) is 44.4 Å². The lowest BCUT2D eigenvalue weighted by molar-refractivity contribution is 0.251. The molecule has 0 heterocycles. The molecule has 2 N–H and O–H groups in total. The summed E-state index contributed by atoms with van der Waals surface area (Å²) in [6.45, 7) is 2.65. The van der Waals surface area contributed by atoms with Crippen LogP contribution in [-0.4, -0.2) is 25.7 Å². The first-order valence-corrected chi connectivity index (χ1v) is 7.04. The molecule has 110 valence electrons. The highest BCUT2D eigenvalue weighted by molar-refractivity contribution is 5.89. The van der Waals surface area contributed by atoms with E-state index in [1.54, 1.807) is 0 Å². The van der Waals surface area contributed by atoms with Crippen molar-refractivity contribution in [2.24, 2.45) is 0 Å². The normalized spacial score (nSPS) is 11.5. The minimum Gasteiger partial charge on any atom is -0.370 e. The Kier molecular flexibility index (Phi) is 5.21. The van der Waals surface area contributed by atoms with Crippen LogP contribution < -0.4 is 15.5 Å². The van der Waals surface area contributed by atoms with Gasteiger partial charge in [0.15, 0.2) is 0 Å². The summed E-state index contributed by atoms with van der Waals surface area (Å²) >= 11 is 0. The van der Waals surface area contributed by atoms with Crippen LogP contribution in [-0.2, 0) is 0 Å². The number of nitrogens with one attached hydrogen (secondary N) is 2. The number of carbonyl (C=O) groups is 1. The summed E-state index contributed by atoms with van der Waals surface area (Å²) in [7, 11) is 2.02. The molecule has 0 unspecified atom stereocenters. The monoisotopic (exact) mass is 283 g/mol. The van der Waals surface area contributed by atoms with Crippen molar-refractivity contribution in [3.8, 4) is 0 Å². The van der Waals surface area contributed by atoms with E-state index in [4.69, 9.17) is 0 Å². The second-order valence-corrected chi connectivity index (χ2v) is 5.00. The minimum atomic E-state index is -0.186. The summed E-state index contributed by atoms with van der Waals surface area (Å²) in [4.78, 5) is 14.0. The number of urea groups is 1. The molecule has 2 amide bonds. The molecule has 0 saturated heterocycles. The van der Waals surface area contributed by atoms with Gasteiger partial charge in [-0.05, 0) is 31.2 Å². The fourth-order valence-corrected chi connectivity index (χ4v) is 1.99. The second kappa shape index (κ2) is 7.33. The van der Waals surface area contributed by atoms with Crippen LogP contribution in [0.2, 0.25) is 0 Å². The smallest absolute Gasteiger partial charge is 0.319 e. The Morgan fingerprint density at radius 3 is 2.24 bits per heavy atom. The van der Waals surface area contributed by atoms with Crippen LogP contribution in [0.3, 0.4) is 0 Å². The second-order valence-electron chi connectivity index (χ2n) is 5.00. The number of para-hydroxylation sites is 2. The number of benzene rings is 2. The first-order valence-electron chi connectivity index (χ1n) is 7.04. The number of hydrogen-bond acceptors (Lipinski definition) is 2. The van der Waals surface area contributed by atoms with Crippen molar-refractivity contribution in [1.82, 2.24) is 5.32 Å². The van der Waals surface area contributed by atoms with Gasteiger partial charge in [0.1, 0.15) is 0 Å². The molecule has 0 spiro atoms. The zero-order valence-corrected chi connectivity index (χ0v) is 12.4. The Morgan fingerprint density at radius 1 is 1.05 bits per heavy atom. The van der Waals surface area contributed by atoms with E-state index in [-0.39, 0.29) is 12.1 Å². The molecule has 0 aliphatic carbocycles. The summed E-state index contributed by atoms with van der Waals surface area (Å²) in [6.07, 6.45) is 0. The maximum absolute atomic E-state index is 11.8. The lowest BCUT2D eigenvalue weighted by atomic mass is 10.2. The zero-order valence-electron chi connectivity index (χ0n) is 12.4. The summed E-state index contributed by atoms with van der Waals surface area (Å²) < 4.78 is 0. The molecular formula is C17H21N3O. The van der Waals surface area contributed by atoms with Crippen LogP contribution in [0.5, 0.6) is 0 Å². The van der Waals surface area contributed by atoms with Crippen LogP contribution in [0, 0.1) is 0 Å². The van der Waals surface area contributed by atoms with E-state index >= 15 is 0 Å².